The van der Waals surface area contributed by atoms with Crippen LogP contribution in [0.5, 0.6) is 0 Å². The highest BCUT2D eigenvalue weighted by molar-refractivity contribution is 7.89. The Morgan fingerprint density at radius 2 is 1.60 bits per heavy atom. The lowest BCUT2D eigenvalue weighted by Gasteiger charge is -2.33. The van der Waals surface area contributed by atoms with Gasteiger partial charge in [0.1, 0.15) is 5.82 Å². The number of nitrogens with zero attached hydrogens (tertiary/aromatic N) is 6. The average molecular weight is 654 g/mol. The van der Waals surface area contributed by atoms with Crippen LogP contribution in [-0.4, -0.2) is 76.1 Å². The zero-order valence-corrected chi connectivity index (χ0v) is 27.2. The molecular formula is C31H39N7O5S2. The molecule has 1 aliphatic heterocycles. The van der Waals surface area contributed by atoms with Crippen molar-refractivity contribution < 1.29 is 16.8 Å². The van der Waals surface area contributed by atoms with Crippen LogP contribution in [0.25, 0.3) is 11.2 Å². The van der Waals surface area contributed by atoms with E-state index in [0.29, 0.717) is 43.9 Å². The third-order valence-electron chi connectivity index (χ3n) is 8.98. The number of fused-ring (bicyclic) bond motifs is 1. The van der Waals surface area contributed by atoms with Crippen molar-refractivity contribution in [2.24, 2.45) is 0 Å². The molecule has 6 rings (SSSR count). The average Bonchev–Trinajstić information content (AvgIpc) is 3.46. The molecule has 2 aromatic carbocycles. The minimum atomic E-state index is -3.93. The number of sulfonamides is 2. The number of benzene rings is 2. The summed E-state index contributed by atoms with van der Waals surface area (Å²) in [5, 5.41) is 8.19. The summed E-state index contributed by atoms with van der Waals surface area (Å²) in [6.07, 6.45) is 6.04. The Bertz CT molecular complexity index is 1930. The number of piperidine rings is 1. The molecule has 0 bridgehead atoms. The molecule has 0 unspecified atom stereocenters. The smallest absolute Gasteiger partial charge is 0.281 e. The van der Waals surface area contributed by atoms with Crippen LogP contribution >= 0.6 is 0 Å². The third kappa shape index (κ3) is 6.33. The first-order chi connectivity index (χ1) is 21.6. The van der Waals surface area contributed by atoms with E-state index in [-0.39, 0.29) is 33.8 Å². The Hall–Kier alpha value is -3.46. The van der Waals surface area contributed by atoms with Crippen molar-refractivity contribution in [2.45, 2.75) is 87.1 Å². The molecule has 2 aliphatic rings. The normalized spacial score (nSPS) is 19.0. The van der Waals surface area contributed by atoms with Gasteiger partial charge in [0.05, 0.1) is 16.3 Å². The summed E-state index contributed by atoms with van der Waals surface area (Å²) in [6, 6.07) is 13.5. The number of H-pyrrole nitrogens is 1. The van der Waals surface area contributed by atoms with Gasteiger partial charge in [0, 0.05) is 31.6 Å². The number of aryl methyl sites for hydroxylation is 1. The molecule has 45 heavy (non-hydrogen) atoms. The van der Waals surface area contributed by atoms with Crippen molar-refractivity contribution in [3.8, 4) is 0 Å². The largest absolute Gasteiger partial charge is 0.308 e. The molecule has 4 aromatic rings. The molecule has 1 aliphatic carbocycles. The van der Waals surface area contributed by atoms with E-state index < -0.39 is 25.6 Å². The molecule has 0 amide bonds. The molecule has 1 saturated heterocycles. The van der Waals surface area contributed by atoms with Gasteiger partial charge in [0.15, 0.2) is 11.2 Å². The second kappa shape index (κ2) is 12.7. The van der Waals surface area contributed by atoms with Crippen LogP contribution in [0.15, 0.2) is 63.1 Å². The van der Waals surface area contributed by atoms with Crippen LogP contribution in [0.2, 0.25) is 0 Å². The van der Waals surface area contributed by atoms with Gasteiger partial charge in [-0.05, 0) is 62.4 Å². The highest BCUT2D eigenvalue weighted by Gasteiger charge is 2.34. The van der Waals surface area contributed by atoms with Crippen molar-refractivity contribution in [1.82, 2.24) is 33.6 Å². The van der Waals surface area contributed by atoms with Gasteiger partial charge in [0.25, 0.3) is 5.56 Å². The van der Waals surface area contributed by atoms with E-state index in [9.17, 15) is 21.6 Å². The summed E-state index contributed by atoms with van der Waals surface area (Å²) < 4.78 is 59.0. The molecule has 3 heterocycles. The fourth-order valence-electron chi connectivity index (χ4n) is 6.49. The molecule has 1 N–H and O–H groups in total. The maximum absolute atomic E-state index is 13.7. The summed E-state index contributed by atoms with van der Waals surface area (Å²) in [4.78, 5) is 20.6. The van der Waals surface area contributed by atoms with E-state index in [0.717, 1.165) is 43.2 Å². The number of hydrogen-bond acceptors (Lipinski definition) is 8. The molecular weight excluding hydrogens is 615 g/mol. The fourth-order valence-corrected chi connectivity index (χ4v) is 9.71. The fraction of sp³-hybridized carbons (Fsp3) is 0.484. The SMILES string of the molecule is CCN(C1CCCCC1)S(=O)(=O)c1ccc(S(=O)(=O)N2CCC[C@@H](c3nc4c(nnn4Cc4ccc(C)cc4)c(=O)[nH]3)C2)cc1. The molecule has 1 atom stereocenters. The molecule has 14 heteroatoms. The molecule has 2 fully saturated rings. The maximum Gasteiger partial charge on any atom is 0.281 e. The molecule has 240 valence electrons. The van der Waals surface area contributed by atoms with Crippen molar-refractivity contribution >= 4 is 31.2 Å². The second-order valence-corrected chi connectivity index (χ2v) is 15.9. The molecule has 0 spiro atoms. The van der Waals surface area contributed by atoms with Crippen molar-refractivity contribution in [3.05, 3.63) is 75.8 Å². The lowest BCUT2D eigenvalue weighted by Crippen LogP contribution is -2.41. The molecule has 12 nitrogen and oxygen atoms in total. The molecule has 2 aromatic heterocycles. The van der Waals surface area contributed by atoms with Crippen LogP contribution in [0.4, 0.5) is 0 Å². The van der Waals surface area contributed by atoms with E-state index in [1.807, 2.05) is 38.1 Å². The van der Waals surface area contributed by atoms with Gasteiger partial charge >= 0.3 is 0 Å². The van der Waals surface area contributed by atoms with Crippen LogP contribution in [0.3, 0.4) is 0 Å². The van der Waals surface area contributed by atoms with Gasteiger partial charge in [-0.25, -0.2) is 26.5 Å². The topological polar surface area (TPSA) is 151 Å². The lowest BCUT2D eigenvalue weighted by molar-refractivity contribution is 0.261. The van der Waals surface area contributed by atoms with Crippen LogP contribution in [0.1, 0.15) is 74.7 Å². The summed E-state index contributed by atoms with van der Waals surface area (Å²) in [6.45, 7) is 5.04. The van der Waals surface area contributed by atoms with E-state index in [2.05, 4.69) is 15.3 Å². The first kappa shape index (κ1) is 31.5. The second-order valence-electron chi connectivity index (χ2n) is 12.0. The van der Waals surface area contributed by atoms with Gasteiger partial charge < -0.3 is 4.98 Å². The van der Waals surface area contributed by atoms with E-state index >= 15 is 0 Å². The first-order valence-electron chi connectivity index (χ1n) is 15.6. The Morgan fingerprint density at radius 3 is 2.29 bits per heavy atom. The van der Waals surface area contributed by atoms with Crippen molar-refractivity contribution in [3.63, 3.8) is 0 Å². The van der Waals surface area contributed by atoms with E-state index in [1.165, 1.54) is 28.6 Å². The van der Waals surface area contributed by atoms with Crippen molar-refractivity contribution in [1.29, 1.82) is 0 Å². The number of nitrogens with one attached hydrogen (secondary N) is 1. The predicted octanol–water partition coefficient (Wildman–Crippen LogP) is 3.78. The van der Waals surface area contributed by atoms with Gasteiger partial charge in [-0.1, -0.05) is 61.2 Å². The summed E-state index contributed by atoms with van der Waals surface area (Å²) in [5.41, 5.74) is 2.18. The summed E-state index contributed by atoms with van der Waals surface area (Å²) in [7, 11) is -7.69. The summed E-state index contributed by atoms with van der Waals surface area (Å²) in [5.74, 6) is 0.0465. The van der Waals surface area contributed by atoms with Gasteiger partial charge in [-0.3, -0.25) is 4.79 Å². The zero-order chi connectivity index (χ0) is 31.8. The van der Waals surface area contributed by atoms with E-state index in [1.54, 1.807) is 8.99 Å². The minimum absolute atomic E-state index is 0.0279. The highest BCUT2D eigenvalue weighted by Crippen LogP contribution is 2.31. The first-order valence-corrected chi connectivity index (χ1v) is 18.5. The Morgan fingerprint density at radius 1 is 0.911 bits per heavy atom. The molecule has 0 radical (unpaired) electrons. The van der Waals surface area contributed by atoms with Crippen molar-refractivity contribution in [2.75, 3.05) is 19.6 Å². The van der Waals surface area contributed by atoms with Gasteiger partial charge in [-0.2, -0.15) is 8.61 Å². The summed E-state index contributed by atoms with van der Waals surface area (Å²) >= 11 is 0. The lowest BCUT2D eigenvalue weighted by atomic mass is 9.95. The molecule has 1 saturated carbocycles. The number of rotatable bonds is 9. The van der Waals surface area contributed by atoms with Crippen LogP contribution in [-0.2, 0) is 26.6 Å². The Labute approximate surface area is 263 Å². The highest BCUT2D eigenvalue weighted by atomic mass is 32.2. The maximum atomic E-state index is 13.7. The zero-order valence-electron chi connectivity index (χ0n) is 25.6. The van der Waals surface area contributed by atoms with Crippen LogP contribution in [0, 0.1) is 6.92 Å². The number of aromatic amines is 1. The Balaban J connectivity index is 1.21. The minimum Gasteiger partial charge on any atom is -0.308 e. The monoisotopic (exact) mass is 653 g/mol. The van der Waals surface area contributed by atoms with Gasteiger partial charge in [-0.15, -0.1) is 5.10 Å². The standard InChI is InChI=1S/C31H39N7O5S2/c1-3-38(25-9-5-4-6-10-25)45(42,43)27-17-15-26(16-18-27)44(40,41)36-19-7-8-24(21-36)29-32-30-28(31(39)33-29)34-35-37(30)20-23-13-11-22(2)12-14-23/h11-18,24-25H,3-10,19-21H2,1-2H3,(H,32,33,39)/t24-/m1/s1. The predicted molar refractivity (Wildman–Crippen MR) is 170 cm³/mol. The third-order valence-corrected chi connectivity index (χ3v) is 12.9. The van der Waals surface area contributed by atoms with Crippen LogP contribution < -0.4 is 5.56 Å². The quantitative estimate of drug-likeness (QED) is 0.287. The number of aromatic nitrogens is 5. The number of hydrogen-bond donors (Lipinski definition) is 1. The Kier molecular flexibility index (Phi) is 8.92. The van der Waals surface area contributed by atoms with Gasteiger partial charge in [0.2, 0.25) is 20.0 Å². The van der Waals surface area contributed by atoms with E-state index in [4.69, 9.17) is 4.98 Å².